The van der Waals surface area contributed by atoms with Crippen LogP contribution in [0.2, 0.25) is 0 Å². The summed E-state index contributed by atoms with van der Waals surface area (Å²) >= 11 is 0. The molecule has 2 aromatic heterocycles. The van der Waals surface area contributed by atoms with Gasteiger partial charge in [0.1, 0.15) is 12.4 Å². The van der Waals surface area contributed by atoms with Crippen molar-refractivity contribution in [2.24, 2.45) is 0 Å². The minimum atomic E-state index is -0.603. The molecule has 24 heavy (non-hydrogen) atoms. The van der Waals surface area contributed by atoms with Crippen LogP contribution in [0.1, 0.15) is 18.4 Å². The van der Waals surface area contributed by atoms with Gasteiger partial charge in [-0.2, -0.15) is 0 Å². The SMILES string of the molecule is O=C(Cn1ccc(=O)[nH]c1=O)NCc1ccc(N2CCCC2)nc1. The van der Waals surface area contributed by atoms with Crippen LogP contribution in [0.15, 0.2) is 40.2 Å². The summed E-state index contributed by atoms with van der Waals surface area (Å²) < 4.78 is 1.14. The molecule has 8 nitrogen and oxygen atoms in total. The number of nitrogens with zero attached hydrogens (tertiary/aromatic N) is 3. The number of carbonyl (C=O) groups is 1. The van der Waals surface area contributed by atoms with Crippen molar-refractivity contribution in [3.8, 4) is 0 Å². The van der Waals surface area contributed by atoms with Crippen LogP contribution in [0.25, 0.3) is 0 Å². The van der Waals surface area contributed by atoms with Crippen molar-refractivity contribution in [2.75, 3.05) is 18.0 Å². The van der Waals surface area contributed by atoms with Gasteiger partial charge in [-0.1, -0.05) is 6.07 Å². The number of hydrogen-bond donors (Lipinski definition) is 2. The first-order valence-corrected chi connectivity index (χ1v) is 7.88. The number of hydrogen-bond acceptors (Lipinski definition) is 5. The molecular weight excluding hydrogens is 310 g/mol. The Kier molecular flexibility index (Phi) is 4.74. The first kappa shape index (κ1) is 16.0. The smallest absolute Gasteiger partial charge is 0.328 e. The Morgan fingerprint density at radius 2 is 2.00 bits per heavy atom. The Balaban J connectivity index is 1.54. The van der Waals surface area contributed by atoms with E-state index in [1.165, 1.54) is 25.1 Å². The van der Waals surface area contributed by atoms with Gasteiger partial charge >= 0.3 is 5.69 Å². The minimum absolute atomic E-state index is 0.144. The van der Waals surface area contributed by atoms with Crippen molar-refractivity contribution < 1.29 is 4.79 Å². The first-order valence-electron chi connectivity index (χ1n) is 7.88. The summed E-state index contributed by atoms with van der Waals surface area (Å²) in [5.74, 6) is 0.648. The monoisotopic (exact) mass is 329 g/mol. The fraction of sp³-hybridized carbons (Fsp3) is 0.375. The molecule has 1 fully saturated rings. The maximum Gasteiger partial charge on any atom is 0.328 e. The lowest BCUT2D eigenvalue weighted by molar-refractivity contribution is -0.121. The Bertz CT molecular complexity index is 819. The van der Waals surface area contributed by atoms with Crippen LogP contribution in [0, 0.1) is 0 Å². The molecule has 0 radical (unpaired) electrons. The Labute approximate surface area is 138 Å². The van der Waals surface area contributed by atoms with Crippen LogP contribution < -0.4 is 21.5 Å². The van der Waals surface area contributed by atoms with Gasteiger partial charge in [0, 0.05) is 38.1 Å². The van der Waals surface area contributed by atoms with E-state index in [1.807, 2.05) is 12.1 Å². The maximum absolute atomic E-state index is 11.9. The van der Waals surface area contributed by atoms with E-state index in [4.69, 9.17) is 0 Å². The van der Waals surface area contributed by atoms with Crippen molar-refractivity contribution in [2.45, 2.75) is 25.9 Å². The van der Waals surface area contributed by atoms with E-state index in [9.17, 15) is 14.4 Å². The van der Waals surface area contributed by atoms with Gasteiger partial charge in [-0.05, 0) is 24.5 Å². The van der Waals surface area contributed by atoms with Gasteiger partial charge in [-0.15, -0.1) is 0 Å². The molecule has 1 amide bonds. The second-order valence-electron chi connectivity index (χ2n) is 5.73. The highest BCUT2D eigenvalue weighted by Crippen LogP contribution is 2.17. The standard InChI is InChI=1S/C16H19N5O3/c22-14-5-8-21(16(24)19-14)11-15(23)18-10-12-3-4-13(17-9-12)20-6-1-2-7-20/h3-5,8-9H,1-2,6-7,10-11H2,(H,18,23)(H,19,22,24). The normalized spacial score (nSPS) is 13.9. The van der Waals surface area contributed by atoms with Gasteiger partial charge < -0.3 is 10.2 Å². The Morgan fingerprint density at radius 1 is 1.21 bits per heavy atom. The number of carbonyl (C=O) groups excluding carboxylic acids is 1. The molecule has 2 N–H and O–H groups in total. The molecule has 0 unspecified atom stereocenters. The van der Waals surface area contributed by atoms with Crippen molar-refractivity contribution in [1.82, 2.24) is 19.9 Å². The molecule has 1 aliphatic rings. The van der Waals surface area contributed by atoms with Gasteiger partial charge in [0.25, 0.3) is 5.56 Å². The van der Waals surface area contributed by atoms with Crippen LogP contribution in [-0.4, -0.2) is 33.5 Å². The Morgan fingerprint density at radius 3 is 2.67 bits per heavy atom. The third-order valence-corrected chi connectivity index (χ3v) is 3.94. The van der Waals surface area contributed by atoms with E-state index >= 15 is 0 Å². The fourth-order valence-electron chi connectivity index (χ4n) is 2.63. The number of H-pyrrole nitrogens is 1. The minimum Gasteiger partial charge on any atom is -0.357 e. The van der Waals surface area contributed by atoms with E-state index in [1.54, 1.807) is 6.20 Å². The first-order chi connectivity index (χ1) is 11.6. The van der Waals surface area contributed by atoms with E-state index in [-0.39, 0.29) is 12.5 Å². The highest BCUT2D eigenvalue weighted by atomic mass is 16.2. The largest absolute Gasteiger partial charge is 0.357 e. The van der Waals surface area contributed by atoms with Crippen molar-refractivity contribution in [3.63, 3.8) is 0 Å². The molecule has 1 aliphatic heterocycles. The molecule has 2 aromatic rings. The fourth-order valence-corrected chi connectivity index (χ4v) is 2.63. The molecule has 0 atom stereocenters. The summed E-state index contributed by atoms with van der Waals surface area (Å²) in [6.07, 6.45) is 5.44. The maximum atomic E-state index is 11.9. The quantitative estimate of drug-likeness (QED) is 0.794. The highest BCUT2D eigenvalue weighted by Gasteiger charge is 2.13. The zero-order chi connectivity index (χ0) is 16.9. The average molecular weight is 329 g/mol. The molecule has 0 aliphatic carbocycles. The molecule has 1 saturated heterocycles. The second-order valence-corrected chi connectivity index (χ2v) is 5.73. The van der Waals surface area contributed by atoms with Crippen LogP contribution in [-0.2, 0) is 17.9 Å². The molecule has 0 bridgehead atoms. The van der Waals surface area contributed by atoms with E-state index in [0.29, 0.717) is 6.54 Å². The molecule has 126 valence electrons. The zero-order valence-electron chi connectivity index (χ0n) is 13.2. The van der Waals surface area contributed by atoms with Crippen molar-refractivity contribution in [1.29, 1.82) is 0 Å². The van der Waals surface area contributed by atoms with E-state index in [0.717, 1.165) is 29.0 Å². The molecule has 8 heteroatoms. The van der Waals surface area contributed by atoms with Crippen molar-refractivity contribution in [3.05, 3.63) is 57.0 Å². The number of nitrogens with one attached hydrogen (secondary N) is 2. The summed E-state index contributed by atoms with van der Waals surface area (Å²) in [6.45, 7) is 2.27. The predicted molar refractivity (Wildman–Crippen MR) is 88.9 cm³/mol. The van der Waals surface area contributed by atoms with Crippen LogP contribution >= 0.6 is 0 Å². The lowest BCUT2D eigenvalue weighted by atomic mass is 10.2. The summed E-state index contributed by atoms with van der Waals surface area (Å²) in [7, 11) is 0. The topological polar surface area (TPSA) is 100 Å². The zero-order valence-corrected chi connectivity index (χ0v) is 13.2. The predicted octanol–water partition coefficient (Wildman–Crippen LogP) is -0.152. The lowest BCUT2D eigenvalue weighted by Crippen LogP contribution is -2.35. The van der Waals surface area contributed by atoms with Gasteiger partial charge in [-0.25, -0.2) is 9.78 Å². The van der Waals surface area contributed by atoms with Crippen LogP contribution in [0.3, 0.4) is 0 Å². The van der Waals surface area contributed by atoms with Gasteiger partial charge in [-0.3, -0.25) is 19.1 Å². The van der Waals surface area contributed by atoms with E-state index < -0.39 is 11.2 Å². The average Bonchev–Trinajstić information content (AvgIpc) is 3.11. The highest BCUT2D eigenvalue weighted by molar-refractivity contribution is 5.75. The summed E-state index contributed by atoms with van der Waals surface area (Å²) in [6, 6.07) is 5.10. The summed E-state index contributed by atoms with van der Waals surface area (Å²) in [5, 5.41) is 2.73. The molecule has 0 spiro atoms. The Hall–Kier alpha value is -2.90. The second kappa shape index (κ2) is 7.12. The third-order valence-electron chi connectivity index (χ3n) is 3.94. The van der Waals surface area contributed by atoms with Gasteiger partial charge in [0.2, 0.25) is 5.91 Å². The van der Waals surface area contributed by atoms with Crippen LogP contribution in [0.5, 0.6) is 0 Å². The molecule has 0 aromatic carbocycles. The molecule has 0 saturated carbocycles. The molecular formula is C16H19N5O3. The van der Waals surface area contributed by atoms with Crippen LogP contribution in [0.4, 0.5) is 5.82 Å². The number of pyridine rings is 1. The number of anilines is 1. The number of aromatic nitrogens is 3. The number of aromatic amines is 1. The summed E-state index contributed by atoms with van der Waals surface area (Å²) in [4.78, 5) is 43.2. The number of rotatable bonds is 5. The molecule has 3 heterocycles. The van der Waals surface area contributed by atoms with E-state index in [2.05, 4.69) is 20.2 Å². The summed E-state index contributed by atoms with van der Waals surface area (Å²) in [5.41, 5.74) is -0.199. The van der Waals surface area contributed by atoms with Gasteiger partial charge in [0.05, 0.1) is 0 Å². The van der Waals surface area contributed by atoms with Gasteiger partial charge in [0.15, 0.2) is 0 Å². The van der Waals surface area contributed by atoms with Crippen molar-refractivity contribution >= 4 is 11.7 Å². The molecule has 3 rings (SSSR count). The third kappa shape index (κ3) is 3.89. The number of amides is 1. The lowest BCUT2D eigenvalue weighted by Gasteiger charge is -2.16.